The Balaban J connectivity index is 0.927. The molecule has 0 bridgehead atoms. The average molecular weight is 830 g/mol. The van der Waals surface area contributed by atoms with Gasteiger partial charge in [0.15, 0.2) is 0 Å². The maximum atomic E-state index is 6.39. The third kappa shape index (κ3) is 6.36. The summed E-state index contributed by atoms with van der Waals surface area (Å²) in [5.74, 6) is 0. The van der Waals surface area contributed by atoms with Crippen LogP contribution < -0.4 is 4.90 Å². The van der Waals surface area contributed by atoms with E-state index in [-0.39, 0.29) is 0 Å². The van der Waals surface area contributed by atoms with Gasteiger partial charge < -0.3 is 13.7 Å². The fourth-order valence-electron chi connectivity index (χ4n) is 9.84. The molecule has 0 saturated carbocycles. The summed E-state index contributed by atoms with van der Waals surface area (Å²) < 4.78 is 12.8. The zero-order valence-corrected chi connectivity index (χ0v) is 35.3. The molecule has 0 aliphatic rings. The summed E-state index contributed by atoms with van der Waals surface area (Å²) in [5.41, 5.74) is 16.0. The lowest BCUT2D eigenvalue weighted by Gasteiger charge is -2.27. The lowest BCUT2D eigenvalue weighted by atomic mass is 9.98. The fourth-order valence-corrected chi connectivity index (χ4v) is 9.84. The predicted octanol–water partition coefficient (Wildman–Crippen LogP) is 17.9. The number of anilines is 3. The van der Waals surface area contributed by atoms with Crippen LogP contribution in [0, 0.1) is 0 Å². The summed E-state index contributed by atoms with van der Waals surface area (Å²) in [6.07, 6.45) is 0. The van der Waals surface area contributed by atoms with E-state index in [0.717, 1.165) is 88.8 Å². The van der Waals surface area contributed by atoms with Crippen molar-refractivity contribution in [3.8, 4) is 44.5 Å². The molecule has 0 fully saturated rings. The van der Waals surface area contributed by atoms with Crippen LogP contribution in [0.5, 0.6) is 0 Å². The molecule has 13 rings (SSSR count). The lowest BCUT2D eigenvalue weighted by molar-refractivity contribution is 0.669. The second kappa shape index (κ2) is 15.0. The average Bonchev–Trinajstić information content (AvgIpc) is 3.96. The molecule has 0 unspecified atom stereocenters. The number of furan rings is 2. The lowest BCUT2D eigenvalue weighted by Crippen LogP contribution is -2.10. The summed E-state index contributed by atoms with van der Waals surface area (Å²) in [6, 6.07) is 84.8. The van der Waals surface area contributed by atoms with E-state index < -0.39 is 0 Å². The SMILES string of the molecule is c1ccc(-c2ccc(-c3ccc(N(c4cccc(-c5ccc6oc7ccc8ccccc8c7c6c5)c4)c4cccc(-c5ccc6oc7ccc8ccccc8c7c6c5)c4)cc3)cc2)cc1. The first-order valence-corrected chi connectivity index (χ1v) is 22.1. The van der Waals surface area contributed by atoms with Gasteiger partial charge in [-0.05, 0) is 139 Å². The van der Waals surface area contributed by atoms with E-state index in [2.05, 4.69) is 241 Å². The van der Waals surface area contributed by atoms with Crippen molar-refractivity contribution in [2.45, 2.75) is 0 Å². The third-order valence-corrected chi connectivity index (χ3v) is 13.0. The van der Waals surface area contributed by atoms with Crippen LogP contribution in [-0.2, 0) is 0 Å². The minimum atomic E-state index is 0.888. The first kappa shape index (κ1) is 36.9. The third-order valence-electron chi connectivity index (χ3n) is 13.0. The highest BCUT2D eigenvalue weighted by molar-refractivity contribution is 6.20. The molecular weight excluding hydrogens is 791 g/mol. The number of hydrogen-bond acceptors (Lipinski definition) is 3. The normalized spacial score (nSPS) is 11.7. The van der Waals surface area contributed by atoms with E-state index in [1.165, 1.54) is 38.2 Å². The molecule has 0 spiro atoms. The van der Waals surface area contributed by atoms with Crippen LogP contribution in [0.2, 0.25) is 0 Å². The van der Waals surface area contributed by atoms with Gasteiger partial charge in [-0.2, -0.15) is 0 Å². The van der Waals surface area contributed by atoms with Gasteiger partial charge in [0.2, 0.25) is 0 Å². The van der Waals surface area contributed by atoms with Gasteiger partial charge in [-0.25, -0.2) is 0 Å². The van der Waals surface area contributed by atoms with Crippen molar-refractivity contribution >= 4 is 82.5 Å². The van der Waals surface area contributed by atoms with Crippen LogP contribution in [0.25, 0.3) is 110 Å². The first-order valence-electron chi connectivity index (χ1n) is 22.1. The molecule has 0 atom stereocenters. The van der Waals surface area contributed by atoms with Crippen LogP contribution in [-0.4, -0.2) is 0 Å². The van der Waals surface area contributed by atoms with E-state index in [0.29, 0.717) is 0 Å². The molecule has 0 amide bonds. The number of rotatable bonds is 7. The molecule has 65 heavy (non-hydrogen) atoms. The van der Waals surface area contributed by atoms with Crippen molar-refractivity contribution in [1.82, 2.24) is 0 Å². The summed E-state index contributed by atoms with van der Waals surface area (Å²) in [5, 5.41) is 9.34. The van der Waals surface area contributed by atoms with Crippen molar-refractivity contribution in [1.29, 1.82) is 0 Å². The van der Waals surface area contributed by atoms with Gasteiger partial charge in [0.05, 0.1) is 0 Å². The van der Waals surface area contributed by atoms with Gasteiger partial charge in [-0.15, -0.1) is 0 Å². The molecule has 2 aromatic heterocycles. The second-order valence-corrected chi connectivity index (χ2v) is 16.9. The Labute approximate surface area is 375 Å². The molecule has 2 heterocycles. The Hall–Kier alpha value is -8.66. The Morgan fingerprint density at radius 2 is 0.615 bits per heavy atom. The Morgan fingerprint density at radius 3 is 1.12 bits per heavy atom. The zero-order valence-electron chi connectivity index (χ0n) is 35.3. The Morgan fingerprint density at radius 1 is 0.231 bits per heavy atom. The highest BCUT2D eigenvalue weighted by atomic mass is 16.3. The number of benzene rings is 11. The smallest absolute Gasteiger partial charge is 0.136 e. The second-order valence-electron chi connectivity index (χ2n) is 16.9. The van der Waals surface area contributed by atoms with E-state index in [9.17, 15) is 0 Å². The van der Waals surface area contributed by atoms with Gasteiger partial charge in [0.1, 0.15) is 22.3 Å². The van der Waals surface area contributed by atoms with Crippen molar-refractivity contribution in [3.05, 3.63) is 237 Å². The van der Waals surface area contributed by atoms with E-state index in [4.69, 9.17) is 8.83 Å². The van der Waals surface area contributed by atoms with E-state index in [1.807, 2.05) is 0 Å². The molecular formula is C62H39NO2. The van der Waals surface area contributed by atoms with E-state index in [1.54, 1.807) is 0 Å². The van der Waals surface area contributed by atoms with Gasteiger partial charge in [0, 0.05) is 38.6 Å². The highest BCUT2D eigenvalue weighted by Gasteiger charge is 2.18. The first-order chi connectivity index (χ1) is 32.2. The van der Waals surface area contributed by atoms with Gasteiger partial charge >= 0.3 is 0 Å². The molecule has 0 aliphatic carbocycles. The number of nitrogens with zero attached hydrogens (tertiary/aromatic N) is 1. The molecule has 3 nitrogen and oxygen atoms in total. The summed E-state index contributed by atoms with van der Waals surface area (Å²) in [6.45, 7) is 0. The Bertz CT molecular complexity index is 3740. The maximum absolute atomic E-state index is 6.39. The minimum absolute atomic E-state index is 0.888. The standard InChI is InChI=1S/C62H39NO2/c1-2-10-40(11-3-1)41-20-22-42(23-21-41)43-24-30-50(31-25-43)63(51-16-8-14-46(36-51)48-28-32-57-55(38-48)61-53-18-6-4-12-44(53)26-34-59(61)64-57)52-17-9-15-47(37-52)49-29-33-58-56(39-49)62-54-19-7-5-13-45(54)27-35-60(62)65-58/h1-39H. The fraction of sp³-hybridized carbons (Fsp3) is 0. The van der Waals surface area contributed by atoms with Crippen molar-refractivity contribution in [3.63, 3.8) is 0 Å². The zero-order chi connectivity index (χ0) is 42.8. The quantitative estimate of drug-likeness (QED) is 0.160. The minimum Gasteiger partial charge on any atom is -0.456 e. The molecule has 0 aliphatic heterocycles. The topological polar surface area (TPSA) is 29.5 Å². The predicted molar refractivity (Wildman–Crippen MR) is 272 cm³/mol. The van der Waals surface area contributed by atoms with Crippen LogP contribution in [0.1, 0.15) is 0 Å². The summed E-state index contributed by atoms with van der Waals surface area (Å²) in [7, 11) is 0. The highest BCUT2D eigenvalue weighted by Crippen LogP contribution is 2.42. The molecule has 0 saturated heterocycles. The molecule has 11 aromatic carbocycles. The van der Waals surface area contributed by atoms with Crippen LogP contribution in [0.3, 0.4) is 0 Å². The molecule has 0 N–H and O–H groups in total. The molecule has 13 aromatic rings. The molecule has 0 radical (unpaired) electrons. The summed E-state index contributed by atoms with van der Waals surface area (Å²) in [4.78, 5) is 2.37. The summed E-state index contributed by atoms with van der Waals surface area (Å²) >= 11 is 0. The van der Waals surface area contributed by atoms with Gasteiger partial charge in [-0.1, -0.05) is 164 Å². The van der Waals surface area contributed by atoms with Gasteiger partial charge in [0.25, 0.3) is 0 Å². The van der Waals surface area contributed by atoms with Crippen molar-refractivity contribution < 1.29 is 8.83 Å². The van der Waals surface area contributed by atoms with E-state index >= 15 is 0 Å². The van der Waals surface area contributed by atoms with Crippen LogP contribution in [0.4, 0.5) is 17.1 Å². The van der Waals surface area contributed by atoms with Gasteiger partial charge in [-0.3, -0.25) is 0 Å². The van der Waals surface area contributed by atoms with Crippen LogP contribution in [0.15, 0.2) is 245 Å². The monoisotopic (exact) mass is 829 g/mol. The maximum Gasteiger partial charge on any atom is 0.136 e. The molecule has 304 valence electrons. The van der Waals surface area contributed by atoms with Crippen molar-refractivity contribution in [2.75, 3.05) is 4.90 Å². The largest absolute Gasteiger partial charge is 0.456 e. The van der Waals surface area contributed by atoms with Crippen LogP contribution >= 0.6 is 0 Å². The number of fused-ring (bicyclic) bond motifs is 10. The van der Waals surface area contributed by atoms with Crippen molar-refractivity contribution in [2.24, 2.45) is 0 Å². The Kier molecular flexibility index (Phi) is 8.53. The number of hydrogen-bond donors (Lipinski definition) is 0. The molecule has 3 heteroatoms.